The Morgan fingerprint density at radius 1 is 1.09 bits per heavy atom. The highest BCUT2D eigenvalue weighted by atomic mass is 32.1. The molecule has 8 nitrogen and oxygen atoms in total. The number of methoxy groups -OCH3 is 1. The largest absolute Gasteiger partial charge is 0.493 e. The summed E-state index contributed by atoms with van der Waals surface area (Å²) >= 11 is 1.54. The van der Waals surface area contributed by atoms with E-state index in [9.17, 15) is 9.59 Å². The van der Waals surface area contributed by atoms with E-state index >= 15 is 0 Å². The van der Waals surface area contributed by atoms with Gasteiger partial charge < -0.3 is 14.4 Å². The van der Waals surface area contributed by atoms with Crippen LogP contribution in [0.1, 0.15) is 67.4 Å². The maximum absolute atomic E-state index is 13.4. The lowest BCUT2D eigenvalue weighted by molar-refractivity contribution is -0.132. The van der Waals surface area contributed by atoms with E-state index in [0.29, 0.717) is 54.8 Å². The highest BCUT2D eigenvalue weighted by molar-refractivity contribution is 7.15. The summed E-state index contributed by atoms with van der Waals surface area (Å²) in [6.45, 7) is 1.99. The lowest BCUT2D eigenvalue weighted by atomic mass is 9.98. The normalized spacial score (nSPS) is 21.9. The standard InChI is InChI=1S/C26H32N4O4S/c1-33-21-9-8-19(10-22(21)34-15-17-4-5-17)20-11-23(31)29(13-20)14-24(32)30(12-16-2-3-16)26-28-27-25(35-26)18-6-7-18/h8-10,16-18,20H,2-7,11-15H2,1H3. The number of amides is 2. The fourth-order valence-electron chi connectivity index (χ4n) is 4.63. The Kier molecular flexibility index (Phi) is 6.12. The first-order valence-corrected chi connectivity index (χ1v) is 13.6. The third kappa shape index (κ3) is 5.29. The molecule has 1 aromatic heterocycles. The molecule has 0 bridgehead atoms. The molecule has 2 aromatic rings. The lowest BCUT2D eigenvalue weighted by Crippen LogP contribution is -2.42. The van der Waals surface area contributed by atoms with Crippen molar-refractivity contribution >= 4 is 28.3 Å². The van der Waals surface area contributed by atoms with Crippen LogP contribution in [0.15, 0.2) is 18.2 Å². The molecular formula is C26H32N4O4S. The van der Waals surface area contributed by atoms with Crippen molar-refractivity contribution in [1.82, 2.24) is 15.1 Å². The number of likely N-dealkylation sites (tertiary alicyclic amines) is 1. The highest BCUT2D eigenvalue weighted by Crippen LogP contribution is 2.43. The van der Waals surface area contributed by atoms with Gasteiger partial charge in [0.25, 0.3) is 0 Å². The number of carbonyl (C=O) groups is 2. The molecule has 1 unspecified atom stereocenters. The van der Waals surface area contributed by atoms with Crippen molar-refractivity contribution in [2.45, 2.75) is 56.8 Å². The van der Waals surface area contributed by atoms with Crippen LogP contribution in [0.4, 0.5) is 5.13 Å². The molecule has 35 heavy (non-hydrogen) atoms. The Hall–Kier alpha value is -2.68. The fourth-order valence-corrected chi connectivity index (χ4v) is 5.66. The molecule has 186 valence electrons. The van der Waals surface area contributed by atoms with Crippen molar-refractivity contribution in [3.8, 4) is 11.5 Å². The van der Waals surface area contributed by atoms with E-state index in [-0.39, 0.29) is 24.3 Å². The van der Waals surface area contributed by atoms with Gasteiger partial charge in [0.05, 0.1) is 13.7 Å². The molecular weight excluding hydrogens is 464 g/mol. The van der Waals surface area contributed by atoms with E-state index < -0.39 is 0 Å². The van der Waals surface area contributed by atoms with Crippen LogP contribution in [0.2, 0.25) is 0 Å². The Morgan fingerprint density at radius 3 is 2.60 bits per heavy atom. The third-order valence-electron chi connectivity index (χ3n) is 7.40. The van der Waals surface area contributed by atoms with Crippen molar-refractivity contribution in [1.29, 1.82) is 0 Å². The van der Waals surface area contributed by atoms with Gasteiger partial charge >= 0.3 is 0 Å². The Labute approximate surface area is 209 Å². The molecule has 1 atom stereocenters. The third-order valence-corrected chi connectivity index (χ3v) is 8.51. The molecule has 1 saturated heterocycles. The molecule has 3 aliphatic carbocycles. The van der Waals surface area contributed by atoms with Crippen LogP contribution in [-0.2, 0) is 9.59 Å². The van der Waals surface area contributed by atoms with E-state index in [1.54, 1.807) is 16.9 Å². The second-order valence-electron chi connectivity index (χ2n) is 10.5. The zero-order valence-corrected chi connectivity index (χ0v) is 21.0. The van der Waals surface area contributed by atoms with Crippen LogP contribution >= 0.6 is 11.3 Å². The van der Waals surface area contributed by atoms with E-state index in [2.05, 4.69) is 10.2 Å². The summed E-state index contributed by atoms with van der Waals surface area (Å²) in [5.41, 5.74) is 1.05. The summed E-state index contributed by atoms with van der Waals surface area (Å²) in [7, 11) is 1.64. The minimum Gasteiger partial charge on any atom is -0.493 e. The number of aromatic nitrogens is 2. The first-order valence-electron chi connectivity index (χ1n) is 12.8. The highest BCUT2D eigenvalue weighted by Gasteiger charge is 2.36. The van der Waals surface area contributed by atoms with Gasteiger partial charge in [-0.1, -0.05) is 17.4 Å². The molecule has 0 spiro atoms. The summed E-state index contributed by atoms with van der Waals surface area (Å²) in [4.78, 5) is 29.7. The number of anilines is 1. The maximum atomic E-state index is 13.4. The van der Waals surface area contributed by atoms with Crippen LogP contribution in [0.3, 0.4) is 0 Å². The van der Waals surface area contributed by atoms with Gasteiger partial charge in [0.15, 0.2) is 11.5 Å². The lowest BCUT2D eigenvalue weighted by Gasteiger charge is -2.23. The zero-order chi connectivity index (χ0) is 23.9. The molecule has 2 amide bonds. The number of hydrogen-bond donors (Lipinski definition) is 0. The van der Waals surface area contributed by atoms with Crippen molar-refractivity contribution in [2.75, 3.05) is 38.3 Å². The summed E-state index contributed by atoms with van der Waals surface area (Å²) in [6.07, 6.45) is 7.45. The van der Waals surface area contributed by atoms with E-state index in [1.165, 1.54) is 24.2 Å². The topological polar surface area (TPSA) is 84.9 Å². The van der Waals surface area contributed by atoms with E-state index in [1.807, 2.05) is 18.2 Å². The Bertz CT molecular complexity index is 1110. The number of ether oxygens (including phenoxy) is 2. The molecule has 1 aliphatic heterocycles. The number of benzene rings is 1. The van der Waals surface area contributed by atoms with Gasteiger partial charge in [-0.15, -0.1) is 10.2 Å². The second-order valence-corrected chi connectivity index (χ2v) is 11.5. The molecule has 1 aromatic carbocycles. The first-order chi connectivity index (χ1) is 17.1. The predicted molar refractivity (Wildman–Crippen MR) is 132 cm³/mol. The second kappa shape index (κ2) is 9.41. The summed E-state index contributed by atoms with van der Waals surface area (Å²) in [5.74, 6) is 3.12. The zero-order valence-electron chi connectivity index (χ0n) is 20.1. The molecule has 4 fully saturated rings. The fraction of sp³-hybridized carbons (Fsp3) is 0.615. The summed E-state index contributed by atoms with van der Waals surface area (Å²) < 4.78 is 11.5. The van der Waals surface area contributed by atoms with Gasteiger partial charge in [0, 0.05) is 31.3 Å². The van der Waals surface area contributed by atoms with Gasteiger partial charge in [0.1, 0.15) is 11.6 Å². The van der Waals surface area contributed by atoms with Crippen LogP contribution in [0, 0.1) is 11.8 Å². The minimum atomic E-state index is -0.0624. The van der Waals surface area contributed by atoms with Gasteiger partial charge in [-0.3, -0.25) is 14.5 Å². The van der Waals surface area contributed by atoms with Crippen LogP contribution in [-0.4, -0.2) is 60.3 Å². The van der Waals surface area contributed by atoms with Gasteiger partial charge in [-0.05, 0) is 68.1 Å². The summed E-state index contributed by atoms with van der Waals surface area (Å²) in [5, 5.41) is 10.4. The SMILES string of the molecule is COc1ccc(C2CC(=O)N(CC(=O)N(CC3CC3)c3nnc(C4CC4)s3)C2)cc1OCC1CC1. The maximum Gasteiger partial charge on any atom is 0.248 e. The molecule has 3 saturated carbocycles. The smallest absolute Gasteiger partial charge is 0.248 e. The van der Waals surface area contributed by atoms with Crippen LogP contribution in [0.25, 0.3) is 0 Å². The average Bonchev–Trinajstić information content (AvgIpc) is 3.76. The number of nitrogens with zero attached hydrogens (tertiary/aromatic N) is 4. The molecule has 9 heteroatoms. The molecule has 0 radical (unpaired) electrons. The number of carbonyl (C=O) groups excluding carboxylic acids is 2. The number of hydrogen-bond acceptors (Lipinski definition) is 7. The monoisotopic (exact) mass is 496 g/mol. The molecule has 2 heterocycles. The van der Waals surface area contributed by atoms with E-state index in [0.717, 1.165) is 42.0 Å². The Balaban J connectivity index is 1.13. The van der Waals surface area contributed by atoms with Crippen LogP contribution < -0.4 is 14.4 Å². The first kappa shape index (κ1) is 22.8. The van der Waals surface area contributed by atoms with Crippen LogP contribution in [0.5, 0.6) is 11.5 Å². The van der Waals surface area contributed by atoms with Gasteiger partial charge in [-0.25, -0.2) is 0 Å². The van der Waals surface area contributed by atoms with E-state index in [4.69, 9.17) is 9.47 Å². The average molecular weight is 497 g/mol. The molecule has 6 rings (SSSR count). The number of rotatable bonds is 11. The molecule has 4 aliphatic rings. The van der Waals surface area contributed by atoms with Gasteiger partial charge in [0.2, 0.25) is 16.9 Å². The summed E-state index contributed by atoms with van der Waals surface area (Å²) in [6, 6.07) is 5.93. The van der Waals surface area contributed by atoms with Crippen molar-refractivity contribution in [2.24, 2.45) is 11.8 Å². The quantitative estimate of drug-likeness (QED) is 0.468. The van der Waals surface area contributed by atoms with Crippen molar-refractivity contribution < 1.29 is 19.1 Å². The Morgan fingerprint density at radius 2 is 1.89 bits per heavy atom. The van der Waals surface area contributed by atoms with Crippen molar-refractivity contribution in [3.63, 3.8) is 0 Å². The van der Waals surface area contributed by atoms with Crippen molar-refractivity contribution in [3.05, 3.63) is 28.8 Å². The predicted octanol–water partition coefficient (Wildman–Crippen LogP) is 3.97. The van der Waals surface area contributed by atoms with Gasteiger partial charge in [-0.2, -0.15) is 0 Å². The minimum absolute atomic E-state index is 0.0157. The molecule has 0 N–H and O–H groups in total.